The lowest BCUT2D eigenvalue weighted by Gasteiger charge is -2.35. The third-order valence-corrected chi connectivity index (χ3v) is 3.78. The maximum atomic E-state index is 12.5. The van der Waals surface area contributed by atoms with Crippen molar-refractivity contribution in [2.45, 2.75) is 33.0 Å². The molecule has 1 aromatic carbocycles. The molecule has 0 bridgehead atoms. The van der Waals surface area contributed by atoms with Crippen molar-refractivity contribution in [1.82, 2.24) is 25.1 Å². The zero-order valence-electron chi connectivity index (χ0n) is 13.4. The lowest BCUT2D eigenvalue weighted by atomic mass is 10.2. The van der Waals surface area contributed by atoms with Crippen LogP contribution in [-0.4, -0.2) is 56.4 Å². The van der Waals surface area contributed by atoms with Crippen LogP contribution < -0.4 is 5.32 Å². The highest BCUT2D eigenvalue weighted by Crippen LogP contribution is 2.20. The fourth-order valence-corrected chi connectivity index (χ4v) is 2.70. The van der Waals surface area contributed by atoms with Crippen molar-refractivity contribution in [1.29, 1.82) is 0 Å². The number of benzene rings is 1. The minimum Gasteiger partial charge on any atom is -0.372 e. The molecule has 0 radical (unpaired) electrons. The number of morpholine rings is 1. The van der Waals surface area contributed by atoms with Crippen molar-refractivity contribution in [3.8, 4) is 5.69 Å². The lowest BCUT2D eigenvalue weighted by Crippen LogP contribution is -2.49. The Balaban J connectivity index is 1.76. The number of hydrogen-bond donors (Lipinski definition) is 1. The minimum atomic E-state index is -0.121. The standard InChI is InChI=1S/C15H20N6O2/c1-10-4-5-13(21-9-16-18-19-21)6-14(10)17-15(22)20-7-11(2)23-12(3)8-20/h4-6,9,11-12H,7-8H2,1-3H3,(H,17,22)/t11-,12-/m0/s1. The topological polar surface area (TPSA) is 85.2 Å². The van der Waals surface area contributed by atoms with Gasteiger partial charge in [-0.1, -0.05) is 6.07 Å². The molecule has 122 valence electrons. The molecule has 1 aliphatic heterocycles. The molecule has 1 saturated heterocycles. The number of urea groups is 1. The smallest absolute Gasteiger partial charge is 0.322 e. The van der Waals surface area contributed by atoms with E-state index in [1.807, 2.05) is 39.0 Å². The number of anilines is 1. The fraction of sp³-hybridized carbons (Fsp3) is 0.467. The average Bonchev–Trinajstić information content (AvgIpc) is 3.02. The molecule has 2 atom stereocenters. The van der Waals surface area contributed by atoms with E-state index in [0.29, 0.717) is 13.1 Å². The van der Waals surface area contributed by atoms with Gasteiger partial charge in [0.2, 0.25) is 0 Å². The molecule has 0 spiro atoms. The molecule has 3 rings (SSSR count). The molecule has 2 amide bonds. The van der Waals surface area contributed by atoms with Crippen molar-refractivity contribution >= 4 is 11.7 Å². The van der Waals surface area contributed by atoms with Crippen LogP contribution >= 0.6 is 0 Å². The second kappa shape index (κ2) is 6.33. The number of aryl methyl sites for hydroxylation is 1. The van der Waals surface area contributed by atoms with Crippen LogP contribution in [0.5, 0.6) is 0 Å². The molecular formula is C15H20N6O2. The minimum absolute atomic E-state index is 0.0400. The van der Waals surface area contributed by atoms with E-state index in [0.717, 1.165) is 16.9 Å². The molecule has 1 aliphatic rings. The molecule has 1 fully saturated rings. The van der Waals surface area contributed by atoms with E-state index in [2.05, 4.69) is 20.8 Å². The van der Waals surface area contributed by atoms with Crippen molar-refractivity contribution in [2.75, 3.05) is 18.4 Å². The number of tetrazole rings is 1. The lowest BCUT2D eigenvalue weighted by molar-refractivity contribution is -0.0530. The second-order valence-electron chi connectivity index (χ2n) is 5.85. The zero-order chi connectivity index (χ0) is 16.4. The molecule has 0 unspecified atom stereocenters. The summed E-state index contributed by atoms with van der Waals surface area (Å²) in [5.41, 5.74) is 2.51. The first kappa shape index (κ1) is 15.4. The van der Waals surface area contributed by atoms with E-state index in [-0.39, 0.29) is 18.2 Å². The van der Waals surface area contributed by atoms with E-state index < -0.39 is 0 Å². The van der Waals surface area contributed by atoms with Gasteiger partial charge < -0.3 is 15.0 Å². The Morgan fingerprint density at radius 3 is 2.70 bits per heavy atom. The SMILES string of the molecule is Cc1ccc(-n2cnnn2)cc1NC(=O)N1C[C@H](C)O[C@@H](C)C1. The van der Waals surface area contributed by atoms with Crippen LogP contribution in [0.1, 0.15) is 19.4 Å². The summed E-state index contributed by atoms with van der Waals surface area (Å²) < 4.78 is 7.21. The van der Waals surface area contributed by atoms with E-state index in [1.165, 1.54) is 6.33 Å². The molecule has 1 aromatic heterocycles. The van der Waals surface area contributed by atoms with Crippen LogP contribution in [-0.2, 0) is 4.74 Å². The number of carbonyl (C=O) groups excluding carboxylic acids is 1. The van der Waals surface area contributed by atoms with Crippen LogP contribution in [0.25, 0.3) is 5.69 Å². The van der Waals surface area contributed by atoms with Crippen molar-refractivity contribution < 1.29 is 9.53 Å². The van der Waals surface area contributed by atoms with Gasteiger partial charge in [-0.3, -0.25) is 0 Å². The molecule has 0 aliphatic carbocycles. The van der Waals surface area contributed by atoms with Gasteiger partial charge in [0.15, 0.2) is 0 Å². The van der Waals surface area contributed by atoms with E-state index in [1.54, 1.807) is 9.58 Å². The highest BCUT2D eigenvalue weighted by atomic mass is 16.5. The second-order valence-corrected chi connectivity index (χ2v) is 5.85. The highest BCUT2D eigenvalue weighted by Gasteiger charge is 2.26. The summed E-state index contributed by atoms with van der Waals surface area (Å²) in [6, 6.07) is 5.57. The van der Waals surface area contributed by atoms with Gasteiger partial charge in [-0.15, -0.1) is 5.10 Å². The number of rotatable bonds is 2. The number of nitrogens with zero attached hydrogens (tertiary/aromatic N) is 5. The summed E-state index contributed by atoms with van der Waals surface area (Å²) in [6.45, 7) is 7.06. The quantitative estimate of drug-likeness (QED) is 0.910. The van der Waals surface area contributed by atoms with Gasteiger partial charge >= 0.3 is 6.03 Å². The van der Waals surface area contributed by atoms with Crippen LogP contribution in [0.4, 0.5) is 10.5 Å². The summed E-state index contributed by atoms with van der Waals surface area (Å²) in [6.07, 6.45) is 1.60. The summed E-state index contributed by atoms with van der Waals surface area (Å²) in [5.74, 6) is 0. The largest absolute Gasteiger partial charge is 0.372 e. The molecule has 2 aromatic rings. The van der Waals surface area contributed by atoms with Gasteiger partial charge in [-0.25, -0.2) is 9.48 Å². The summed E-state index contributed by atoms with van der Waals surface area (Å²) in [4.78, 5) is 14.3. The number of nitrogens with one attached hydrogen (secondary N) is 1. The van der Waals surface area contributed by atoms with Gasteiger partial charge in [0.1, 0.15) is 6.33 Å². The molecular weight excluding hydrogens is 296 g/mol. The number of ether oxygens (including phenoxy) is 1. The van der Waals surface area contributed by atoms with Gasteiger partial charge in [-0.2, -0.15) is 0 Å². The summed E-state index contributed by atoms with van der Waals surface area (Å²) in [5, 5.41) is 14.1. The van der Waals surface area contributed by atoms with Crippen molar-refractivity contribution in [3.05, 3.63) is 30.1 Å². The number of aromatic nitrogens is 4. The molecule has 8 nitrogen and oxygen atoms in total. The van der Waals surface area contributed by atoms with Crippen LogP contribution in [0.15, 0.2) is 24.5 Å². The maximum Gasteiger partial charge on any atom is 0.322 e. The van der Waals surface area contributed by atoms with Crippen LogP contribution in [0.3, 0.4) is 0 Å². The Morgan fingerprint density at radius 2 is 2.04 bits per heavy atom. The van der Waals surface area contributed by atoms with Crippen LogP contribution in [0, 0.1) is 6.92 Å². The van der Waals surface area contributed by atoms with Crippen molar-refractivity contribution in [2.24, 2.45) is 0 Å². The van der Waals surface area contributed by atoms with E-state index >= 15 is 0 Å². The Bertz CT molecular complexity index is 677. The predicted octanol–water partition coefficient (Wildman–Crippen LogP) is 1.61. The van der Waals surface area contributed by atoms with Crippen LogP contribution in [0.2, 0.25) is 0 Å². The summed E-state index contributed by atoms with van der Waals surface area (Å²) >= 11 is 0. The number of hydrogen-bond acceptors (Lipinski definition) is 5. The predicted molar refractivity (Wildman–Crippen MR) is 84.5 cm³/mol. The Labute approximate surface area is 134 Å². The fourth-order valence-electron chi connectivity index (χ4n) is 2.70. The highest BCUT2D eigenvalue weighted by molar-refractivity contribution is 5.90. The first-order chi connectivity index (χ1) is 11.0. The van der Waals surface area contributed by atoms with E-state index in [9.17, 15) is 4.79 Å². The molecule has 2 heterocycles. The Hall–Kier alpha value is -2.48. The third-order valence-electron chi connectivity index (χ3n) is 3.78. The Kier molecular flexibility index (Phi) is 4.24. The van der Waals surface area contributed by atoms with Gasteiger partial charge in [0.25, 0.3) is 0 Å². The van der Waals surface area contributed by atoms with E-state index in [4.69, 9.17) is 4.74 Å². The molecule has 23 heavy (non-hydrogen) atoms. The molecule has 8 heteroatoms. The van der Waals surface area contributed by atoms with Gasteiger partial charge in [0, 0.05) is 18.8 Å². The Morgan fingerprint density at radius 1 is 1.30 bits per heavy atom. The zero-order valence-corrected chi connectivity index (χ0v) is 13.4. The normalized spacial score (nSPS) is 21.3. The third kappa shape index (κ3) is 3.48. The molecule has 1 N–H and O–H groups in total. The summed E-state index contributed by atoms with van der Waals surface area (Å²) in [7, 11) is 0. The number of carbonyl (C=O) groups is 1. The first-order valence-corrected chi connectivity index (χ1v) is 7.58. The monoisotopic (exact) mass is 316 g/mol. The maximum absolute atomic E-state index is 12.5. The number of amides is 2. The average molecular weight is 316 g/mol. The van der Waals surface area contributed by atoms with Gasteiger partial charge in [0.05, 0.1) is 17.9 Å². The van der Waals surface area contributed by atoms with Crippen molar-refractivity contribution in [3.63, 3.8) is 0 Å². The molecule has 0 saturated carbocycles. The first-order valence-electron chi connectivity index (χ1n) is 7.58. The van der Waals surface area contributed by atoms with Gasteiger partial charge in [-0.05, 0) is 48.9 Å².